The second-order valence-electron chi connectivity index (χ2n) is 7.82. The molecule has 0 aromatic heterocycles. The van der Waals surface area contributed by atoms with Crippen LogP contribution in [0.25, 0.3) is 0 Å². The van der Waals surface area contributed by atoms with E-state index >= 15 is 0 Å². The number of carbonyl (C=O) groups is 1. The first kappa shape index (κ1) is 23.4. The van der Waals surface area contributed by atoms with Gasteiger partial charge in [0.1, 0.15) is 5.78 Å². The maximum Gasteiger partial charge on any atom is 0.129 e. The van der Waals surface area contributed by atoms with E-state index in [1.165, 1.54) is 108 Å². The van der Waals surface area contributed by atoms with Crippen molar-refractivity contribution in [1.29, 1.82) is 0 Å². The minimum atomic E-state index is 0.345. The Bertz CT molecular complexity index is 262. The third-order valence-corrected chi connectivity index (χ3v) is 4.88. The zero-order valence-electron chi connectivity index (χ0n) is 16.8. The van der Waals surface area contributed by atoms with E-state index in [9.17, 15) is 4.79 Å². The molecule has 0 rings (SSSR count). The van der Waals surface area contributed by atoms with E-state index in [0.717, 1.165) is 12.8 Å². The molecular weight excluding hydrogens is 292 g/mol. The van der Waals surface area contributed by atoms with Gasteiger partial charge in [0.05, 0.1) is 0 Å². The number of ketones is 1. The molecule has 0 aliphatic heterocycles. The normalized spacial score (nSPS) is 10.9. The minimum Gasteiger partial charge on any atom is -0.300 e. The van der Waals surface area contributed by atoms with Gasteiger partial charge in [-0.15, -0.1) is 6.58 Å². The van der Waals surface area contributed by atoms with E-state index in [2.05, 4.69) is 13.5 Å². The van der Waals surface area contributed by atoms with Crippen LogP contribution >= 0.6 is 0 Å². The molecule has 0 amide bonds. The quantitative estimate of drug-likeness (QED) is 0.172. The third kappa shape index (κ3) is 21.4. The Labute approximate surface area is 152 Å². The summed E-state index contributed by atoms with van der Waals surface area (Å²) in [6, 6.07) is 0. The molecule has 0 aromatic carbocycles. The fraction of sp³-hybridized carbons (Fsp3) is 0.870. The van der Waals surface area contributed by atoms with Crippen LogP contribution in [0.4, 0.5) is 0 Å². The van der Waals surface area contributed by atoms with Gasteiger partial charge in [-0.25, -0.2) is 0 Å². The van der Waals surface area contributed by atoms with Crippen molar-refractivity contribution in [3.05, 3.63) is 12.2 Å². The summed E-state index contributed by atoms with van der Waals surface area (Å²) in [6.07, 6.45) is 24.0. The Hall–Kier alpha value is -0.590. The summed E-state index contributed by atoms with van der Waals surface area (Å²) in [6.45, 7) is 7.80. The van der Waals surface area contributed by atoms with Gasteiger partial charge in [0.2, 0.25) is 0 Å². The molecule has 0 atom stereocenters. The monoisotopic (exact) mass is 336 g/mol. The van der Waals surface area contributed by atoms with Gasteiger partial charge in [0, 0.05) is 6.42 Å². The molecule has 0 saturated heterocycles. The van der Waals surface area contributed by atoms with Crippen LogP contribution < -0.4 is 0 Å². The molecule has 0 radical (unpaired) electrons. The number of allylic oxidation sites excluding steroid dienone is 1. The Morgan fingerprint density at radius 1 is 0.500 bits per heavy atom. The van der Waals surface area contributed by atoms with Crippen molar-refractivity contribution in [3.8, 4) is 0 Å². The van der Waals surface area contributed by atoms with Gasteiger partial charge in [0.15, 0.2) is 0 Å². The van der Waals surface area contributed by atoms with E-state index < -0.39 is 0 Å². The molecule has 0 saturated carbocycles. The summed E-state index contributed by atoms with van der Waals surface area (Å²) in [4.78, 5) is 10.8. The van der Waals surface area contributed by atoms with Crippen LogP contribution in [0.15, 0.2) is 12.2 Å². The molecule has 0 aliphatic carbocycles. The third-order valence-electron chi connectivity index (χ3n) is 4.88. The number of hydrogen-bond acceptors (Lipinski definition) is 1. The van der Waals surface area contributed by atoms with Crippen molar-refractivity contribution in [2.75, 3.05) is 0 Å². The van der Waals surface area contributed by atoms with E-state index in [4.69, 9.17) is 0 Å². The Morgan fingerprint density at radius 2 is 0.750 bits per heavy atom. The van der Waals surface area contributed by atoms with E-state index in [1.54, 1.807) is 6.92 Å². The van der Waals surface area contributed by atoms with Gasteiger partial charge in [0.25, 0.3) is 0 Å². The number of carbonyl (C=O) groups excluding carboxylic acids is 1. The lowest BCUT2D eigenvalue weighted by molar-refractivity contribution is -0.117. The van der Waals surface area contributed by atoms with Gasteiger partial charge < -0.3 is 4.79 Å². The highest BCUT2D eigenvalue weighted by molar-refractivity contribution is 5.75. The smallest absolute Gasteiger partial charge is 0.129 e. The van der Waals surface area contributed by atoms with Crippen molar-refractivity contribution >= 4 is 5.78 Å². The molecule has 0 spiro atoms. The molecule has 142 valence electrons. The van der Waals surface area contributed by atoms with Crippen LogP contribution in [0.2, 0.25) is 0 Å². The van der Waals surface area contributed by atoms with Crippen molar-refractivity contribution in [2.45, 2.75) is 129 Å². The molecule has 0 heterocycles. The van der Waals surface area contributed by atoms with Gasteiger partial charge in [-0.2, -0.15) is 0 Å². The second kappa shape index (κ2) is 18.7. The number of Topliss-reactive ketones (excluding diaryl/α,β-unsaturated/α-hetero) is 1. The van der Waals surface area contributed by atoms with Gasteiger partial charge in [-0.3, -0.25) is 0 Å². The minimum absolute atomic E-state index is 0.345. The summed E-state index contributed by atoms with van der Waals surface area (Å²) in [5.41, 5.74) is 1.34. The molecular formula is C23H44O. The van der Waals surface area contributed by atoms with Crippen molar-refractivity contribution in [2.24, 2.45) is 0 Å². The van der Waals surface area contributed by atoms with Crippen molar-refractivity contribution in [1.82, 2.24) is 0 Å². The first-order valence-electron chi connectivity index (χ1n) is 10.8. The summed E-state index contributed by atoms with van der Waals surface area (Å²) < 4.78 is 0. The molecule has 0 N–H and O–H groups in total. The zero-order chi connectivity index (χ0) is 17.9. The standard InChI is InChI=1S/C23H44O/c1-22(2)20-18-16-14-12-10-8-6-4-5-7-9-11-13-15-17-19-21-23(3)24/h1,4-21H2,2-3H3. The topological polar surface area (TPSA) is 17.1 Å². The van der Waals surface area contributed by atoms with Crippen LogP contribution in [0, 0.1) is 0 Å². The Morgan fingerprint density at radius 3 is 1.00 bits per heavy atom. The zero-order valence-corrected chi connectivity index (χ0v) is 16.8. The molecule has 0 bridgehead atoms. The van der Waals surface area contributed by atoms with E-state index in [-0.39, 0.29) is 0 Å². The average Bonchev–Trinajstić information content (AvgIpc) is 2.53. The largest absolute Gasteiger partial charge is 0.300 e. The summed E-state index contributed by atoms with van der Waals surface area (Å²) in [5, 5.41) is 0. The maximum atomic E-state index is 10.8. The van der Waals surface area contributed by atoms with Gasteiger partial charge >= 0.3 is 0 Å². The fourth-order valence-electron chi connectivity index (χ4n) is 3.28. The van der Waals surface area contributed by atoms with Crippen LogP contribution in [-0.4, -0.2) is 5.78 Å². The number of unbranched alkanes of at least 4 members (excludes halogenated alkanes) is 15. The molecule has 0 fully saturated rings. The summed E-state index contributed by atoms with van der Waals surface area (Å²) in [5.74, 6) is 0.345. The molecule has 24 heavy (non-hydrogen) atoms. The molecule has 1 heteroatoms. The van der Waals surface area contributed by atoms with E-state index in [0.29, 0.717) is 5.78 Å². The van der Waals surface area contributed by atoms with Crippen molar-refractivity contribution < 1.29 is 4.79 Å². The highest BCUT2D eigenvalue weighted by Crippen LogP contribution is 2.14. The highest BCUT2D eigenvalue weighted by atomic mass is 16.1. The Kier molecular flexibility index (Phi) is 18.3. The van der Waals surface area contributed by atoms with Gasteiger partial charge in [-0.1, -0.05) is 95.5 Å². The van der Waals surface area contributed by atoms with Gasteiger partial charge in [-0.05, 0) is 33.1 Å². The maximum absolute atomic E-state index is 10.8. The van der Waals surface area contributed by atoms with Crippen molar-refractivity contribution in [3.63, 3.8) is 0 Å². The number of hydrogen-bond donors (Lipinski definition) is 0. The highest BCUT2D eigenvalue weighted by Gasteiger charge is 1.96. The van der Waals surface area contributed by atoms with Crippen LogP contribution in [-0.2, 0) is 4.79 Å². The fourth-order valence-corrected chi connectivity index (χ4v) is 3.28. The lowest BCUT2D eigenvalue weighted by atomic mass is 10.0. The molecule has 1 nitrogen and oxygen atoms in total. The molecule has 0 aromatic rings. The van der Waals surface area contributed by atoms with Crippen LogP contribution in [0.1, 0.15) is 129 Å². The van der Waals surface area contributed by atoms with Crippen LogP contribution in [0.3, 0.4) is 0 Å². The predicted octanol–water partition coefficient (Wildman–Crippen LogP) is 8.17. The predicted molar refractivity (Wildman–Crippen MR) is 109 cm³/mol. The summed E-state index contributed by atoms with van der Waals surface area (Å²) in [7, 11) is 0. The average molecular weight is 337 g/mol. The Balaban J connectivity index is 3.00. The lowest BCUT2D eigenvalue weighted by Crippen LogP contribution is -1.89. The number of rotatable bonds is 19. The first-order chi connectivity index (χ1) is 11.6. The van der Waals surface area contributed by atoms with Crippen LogP contribution in [0.5, 0.6) is 0 Å². The second-order valence-corrected chi connectivity index (χ2v) is 7.82. The van der Waals surface area contributed by atoms with E-state index in [1.807, 2.05) is 0 Å². The lowest BCUT2D eigenvalue weighted by Gasteiger charge is -2.04. The molecule has 0 unspecified atom stereocenters. The summed E-state index contributed by atoms with van der Waals surface area (Å²) >= 11 is 0. The SMILES string of the molecule is C=C(C)CCCCCCCCCCCCCCCCCCC(C)=O. The molecule has 0 aliphatic rings. The first-order valence-corrected chi connectivity index (χ1v) is 10.8.